The van der Waals surface area contributed by atoms with Gasteiger partial charge < -0.3 is 10.0 Å². The van der Waals surface area contributed by atoms with E-state index in [0.29, 0.717) is 31.2 Å². The van der Waals surface area contributed by atoms with Crippen LogP contribution in [0.5, 0.6) is 0 Å². The van der Waals surface area contributed by atoms with E-state index >= 15 is 0 Å². The third-order valence-corrected chi connectivity index (χ3v) is 4.54. The zero-order chi connectivity index (χ0) is 15.0. The molecule has 2 N–H and O–H groups in total. The van der Waals surface area contributed by atoms with Gasteiger partial charge in [-0.25, -0.2) is 4.79 Å². The van der Waals surface area contributed by atoms with Gasteiger partial charge in [0.05, 0.1) is 0 Å². The third kappa shape index (κ3) is 6.27. The van der Waals surface area contributed by atoms with Crippen molar-refractivity contribution in [3.8, 4) is 0 Å². The summed E-state index contributed by atoms with van der Waals surface area (Å²) >= 11 is 1.86. The Morgan fingerprint density at radius 2 is 2.00 bits per heavy atom. The number of thioether (sulfide) groups is 1. The summed E-state index contributed by atoms with van der Waals surface area (Å²) in [5.74, 6) is -0.289. The summed E-state index contributed by atoms with van der Waals surface area (Å²) in [7, 11) is 0. The van der Waals surface area contributed by atoms with Gasteiger partial charge in [0.25, 0.3) is 0 Å². The smallest absolute Gasteiger partial charge is 0.324 e. The summed E-state index contributed by atoms with van der Waals surface area (Å²) in [6.07, 6.45) is 2.20. The van der Waals surface area contributed by atoms with E-state index in [1.165, 1.54) is 0 Å². The molecule has 0 aromatic heterocycles. The summed E-state index contributed by atoms with van der Waals surface area (Å²) in [6, 6.07) is -0.327. The van der Waals surface area contributed by atoms with E-state index in [1.807, 2.05) is 11.8 Å². The fourth-order valence-corrected chi connectivity index (χ4v) is 3.15. The van der Waals surface area contributed by atoms with Gasteiger partial charge in [-0.2, -0.15) is 11.8 Å². The molecular weight excluding hydrogens is 280 g/mol. The molecule has 6 nitrogen and oxygen atoms in total. The Bertz CT molecular complexity index is 362. The lowest BCUT2D eigenvalue weighted by Crippen LogP contribution is -2.48. The molecule has 0 radical (unpaired) electrons. The van der Waals surface area contributed by atoms with Crippen LogP contribution < -0.4 is 5.32 Å². The molecule has 0 aliphatic carbocycles. The van der Waals surface area contributed by atoms with Crippen LogP contribution in [0, 0.1) is 0 Å². The molecule has 0 aromatic carbocycles. The van der Waals surface area contributed by atoms with Gasteiger partial charge in [-0.3, -0.25) is 14.9 Å². The monoisotopic (exact) mass is 302 g/mol. The van der Waals surface area contributed by atoms with E-state index in [2.05, 4.69) is 12.2 Å². The second kappa shape index (κ2) is 8.84. The van der Waals surface area contributed by atoms with E-state index in [9.17, 15) is 14.4 Å². The maximum Gasteiger partial charge on any atom is 0.324 e. The summed E-state index contributed by atoms with van der Waals surface area (Å²) in [4.78, 5) is 35.5. The first-order chi connectivity index (χ1) is 9.52. The van der Waals surface area contributed by atoms with Gasteiger partial charge in [0.15, 0.2) is 0 Å². The van der Waals surface area contributed by atoms with Gasteiger partial charge in [-0.05, 0) is 19.3 Å². The van der Waals surface area contributed by atoms with Crippen LogP contribution in [0.1, 0.15) is 39.0 Å². The fraction of sp³-hybridized carbons (Fsp3) is 0.769. The Morgan fingerprint density at radius 1 is 1.30 bits per heavy atom. The number of hydrogen-bond acceptors (Lipinski definition) is 4. The molecule has 1 rings (SSSR count). The molecule has 1 unspecified atom stereocenters. The van der Waals surface area contributed by atoms with Crippen LogP contribution in [-0.4, -0.2) is 52.0 Å². The molecule has 1 heterocycles. The van der Waals surface area contributed by atoms with Gasteiger partial charge >= 0.3 is 12.0 Å². The standard InChI is InChI=1S/C13H22N2O4S/c1-2-10-9-15(7-8-20-10)13(19)14-11(16)5-3-4-6-12(17)18/h10H,2-9H2,1H3,(H,17,18)(H,14,16,19). The number of imide groups is 1. The molecule has 1 aliphatic rings. The highest BCUT2D eigenvalue weighted by atomic mass is 32.2. The first-order valence-corrected chi connectivity index (χ1v) is 8.00. The highest BCUT2D eigenvalue weighted by Crippen LogP contribution is 2.20. The van der Waals surface area contributed by atoms with Crippen LogP contribution in [0.3, 0.4) is 0 Å². The summed E-state index contributed by atoms with van der Waals surface area (Å²) < 4.78 is 0. The number of nitrogens with zero attached hydrogens (tertiary/aromatic N) is 1. The lowest BCUT2D eigenvalue weighted by atomic mass is 10.2. The molecule has 20 heavy (non-hydrogen) atoms. The number of nitrogens with one attached hydrogen (secondary N) is 1. The SMILES string of the molecule is CCC1CN(C(=O)NC(=O)CCCCC(=O)O)CCS1. The topological polar surface area (TPSA) is 86.7 Å². The second-order valence-electron chi connectivity index (χ2n) is 4.80. The molecule has 0 bridgehead atoms. The maximum absolute atomic E-state index is 11.9. The first-order valence-electron chi connectivity index (χ1n) is 6.95. The number of unbranched alkanes of at least 4 members (excludes halogenated alkanes) is 1. The van der Waals surface area contributed by atoms with Gasteiger partial charge in [-0.15, -0.1) is 0 Å². The largest absolute Gasteiger partial charge is 0.481 e. The Balaban J connectivity index is 2.23. The van der Waals surface area contributed by atoms with E-state index < -0.39 is 5.97 Å². The molecule has 7 heteroatoms. The van der Waals surface area contributed by atoms with Crippen LogP contribution in [0.2, 0.25) is 0 Å². The number of aliphatic carboxylic acids is 1. The molecular formula is C13H22N2O4S. The van der Waals surface area contributed by atoms with Crippen molar-refractivity contribution in [1.29, 1.82) is 0 Å². The molecule has 1 saturated heterocycles. The van der Waals surface area contributed by atoms with E-state index in [1.54, 1.807) is 4.90 Å². The Kier molecular flexibility index (Phi) is 7.43. The predicted octanol–water partition coefficient (Wildman–Crippen LogP) is 1.69. The molecule has 0 saturated carbocycles. The van der Waals surface area contributed by atoms with E-state index in [-0.39, 0.29) is 24.8 Å². The van der Waals surface area contributed by atoms with Crippen molar-refractivity contribution in [2.75, 3.05) is 18.8 Å². The normalized spacial score (nSPS) is 18.6. The molecule has 1 atom stereocenters. The fourth-order valence-electron chi connectivity index (χ4n) is 1.97. The van der Waals surface area contributed by atoms with E-state index in [0.717, 1.165) is 12.2 Å². The van der Waals surface area contributed by atoms with E-state index in [4.69, 9.17) is 5.11 Å². The van der Waals surface area contributed by atoms with Crippen LogP contribution in [0.25, 0.3) is 0 Å². The first kappa shape index (κ1) is 16.8. The van der Waals surface area contributed by atoms with Crippen molar-refractivity contribution in [3.63, 3.8) is 0 Å². The van der Waals surface area contributed by atoms with Gasteiger partial charge in [-0.1, -0.05) is 6.92 Å². The number of rotatable bonds is 6. The Labute approximate surface area is 123 Å². The van der Waals surface area contributed by atoms with Crippen LogP contribution in [0.15, 0.2) is 0 Å². The van der Waals surface area contributed by atoms with Gasteiger partial charge in [0, 0.05) is 36.9 Å². The van der Waals surface area contributed by atoms with Crippen LogP contribution in [0.4, 0.5) is 4.79 Å². The number of amides is 3. The van der Waals surface area contributed by atoms with Crippen molar-refractivity contribution >= 4 is 29.7 Å². The molecule has 3 amide bonds. The molecule has 114 valence electrons. The average molecular weight is 302 g/mol. The van der Waals surface area contributed by atoms with Crippen molar-refractivity contribution in [1.82, 2.24) is 10.2 Å². The maximum atomic E-state index is 11.9. The summed E-state index contributed by atoms with van der Waals surface area (Å²) in [5.41, 5.74) is 0. The summed E-state index contributed by atoms with van der Waals surface area (Å²) in [6.45, 7) is 3.44. The Hall–Kier alpha value is -1.24. The van der Waals surface area contributed by atoms with Gasteiger partial charge in [0.2, 0.25) is 5.91 Å². The molecule has 0 aromatic rings. The number of hydrogen-bond donors (Lipinski definition) is 2. The summed E-state index contributed by atoms with van der Waals surface area (Å²) in [5, 5.41) is 11.3. The van der Waals surface area contributed by atoms with Crippen molar-refractivity contribution < 1.29 is 19.5 Å². The molecule has 1 aliphatic heterocycles. The minimum Gasteiger partial charge on any atom is -0.481 e. The zero-order valence-electron chi connectivity index (χ0n) is 11.8. The van der Waals surface area contributed by atoms with Gasteiger partial charge in [0.1, 0.15) is 0 Å². The quantitative estimate of drug-likeness (QED) is 0.729. The van der Waals surface area contributed by atoms with Crippen molar-refractivity contribution in [3.05, 3.63) is 0 Å². The lowest BCUT2D eigenvalue weighted by molar-refractivity contribution is -0.137. The number of carbonyl (C=O) groups is 3. The number of carbonyl (C=O) groups excluding carboxylic acids is 2. The van der Waals surface area contributed by atoms with Crippen LogP contribution >= 0.6 is 11.8 Å². The minimum atomic E-state index is -0.863. The third-order valence-electron chi connectivity index (χ3n) is 3.17. The predicted molar refractivity (Wildman–Crippen MR) is 77.8 cm³/mol. The highest BCUT2D eigenvalue weighted by molar-refractivity contribution is 8.00. The van der Waals surface area contributed by atoms with Crippen molar-refractivity contribution in [2.45, 2.75) is 44.3 Å². The highest BCUT2D eigenvalue weighted by Gasteiger charge is 2.23. The Morgan fingerprint density at radius 3 is 2.65 bits per heavy atom. The second-order valence-corrected chi connectivity index (χ2v) is 6.21. The lowest BCUT2D eigenvalue weighted by Gasteiger charge is -2.31. The van der Waals surface area contributed by atoms with Crippen LogP contribution in [-0.2, 0) is 9.59 Å². The van der Waals surface area contributed by atoms with Crippen molar-refractivity contribution in [2.24, 2.45) is 0 Å². The zero-order valence-corrected chi connectivity index (χ0v) is 12.6. The average Bonchev–Trinajstić information content (AvgIpc) is 2.43. The molecule has 1 fully saturated rings. The number of carboxylic acid groups (broad SMARTS) is 1. The number of urea groups is 1. The number of carboxylic acids is 1. The minimum absolute atomic E-state index is 0.0583. The molecule has 0 spiro atoms.